The van der Waals surface area contributed by atoms with E-state index in [1.54, 1.807) is 0 Å². The van der Waals surface area contributed by atoms with E-state index in [1.807, 2.05) is 0 Å². The summed E-state index contributed by atoms with van der Waals surface area (Å²) in [7, 11) is -1.80. The standard InChI is InChI=1S/C12H11F17O2Si/c1-30-32(31-2)4-3-5(13,14)6(15,16)7(17,18)8(19,20)9(21,22)10(23,24)11(25,26)12(27,28)29/h32H,3-4H2,1-2H3. The average Bonchev–Trinajstić information content (AvgIpc) is 2.60. The van der Waals surface area contributed by atoms with Gasteiger partial charge in [-0.2, -0.15) is 74.6 Å². The Balaban J connectivity index is 6.47. The molecular weight excluding hydrogens is 527 g/mol. The predicted octanol–water partition coefficient (Wildman–Crippen LogP) is 5.90. The molecule has 0 saturated carbocycles. The molecule has 0 rings (SSSR count). The fourth-order valence-electron chi connectivity index (χ4n) is 1.98. The molecule has 0 heterocycles. The van der Waals surface area contributed by atoms with E-state index in [0.29, 0.717) is 0 Å². The number of alkyl halides is 17. The van der Waals surface area contributed by atoms with Crippen molar-refractivity contribution in [2.75, 3.05) is 14.2 Å². The quantitative estimate of drug-likeness (QED) is 0.241. The third kappa shape index (κ3) is 4.37. The first-order chi connectivity index (χ1) is 13.7. The summed E-state index contributed by atoms with van der Waals surface area (Å²) in [5.41, 5.74) is 0. The zero-order chi connectivity index (χ0) is 26.4. The van der Waals surface area contributed by atoms with E-state index >= 15 is 0 Å². The van der Waals surface area contributed by atoms with Crippen LogP contribution in [-0.2, 0) is 8.85 Å². The molecule has 0 amide bonds. The molecule has 2 nitrogen and oxygen atoms in total. The lowest BCUT2D eigenvalue weighted by Gasteiger charge is -2.42. The third-order valence-corrected chi connectivity index (χ3v) is 5.82. The van der Waals surface area contributed by atoms with Crippen LogP contribution in [0.2, 0.25) is 6.04 Å². The molecule has 0 bridgehead atoms. The van der Waals surface area contributed by atoms with Crippen molar-refractivity contribution in [2.24, 2.45) is 0 Å². The third-order valence-electron chi connectivity index (χ3n) is 4.01. The van der Waals surface area contributed by atoms with Gasteiger partial charge in [-0.05, 0) is 6.04 Å². The maximum Gasteiger partial charge on any atom is 0.460 e. The summed E-state index contributed by atoms with van der Waals surface area (Å²) in [4.78, 5) is 0. The van der Waals surface area contributed by atoms with Gasteiger partial charge in [-0.15, -0.1) is 0 Å². The summed E-state index contributed by atoms with van der Waals surface area (Å²) < 4.78 is 230. The molecule has 0 fully saturated rings. The largest absolute Gasteiger partial charge is 0.460 e. The monoisotopic (exact) mass is 538 g/mol. The second kappa shape index (κ2) is 8.62. The van der Waals surface area contributed by atoms with Crippen LogP contribution in [0.3, 0.4) is 0 Å². The van der Waals surface area contributed by atoms with Gasteiger partial charge in [-0.25, -0.2) is 0 Å². The Morgan fingerprint density at radius 2 is 0.750 bits per heavy atom. The molecule has 0 aromatic carbocycles. The highest BCUT2D eigenvalue weighted by Crippen LogP contribution is 2.64. The van der Waals surface area contributed by atoms with E-state index in [9.17, 15) is 74.6 Å². The van der Waals surface area contributed by atoms with Crippen LogP contribution in [0.25, 0.3) is 0 Å². The van der Waals surface area contributed by atoms with Crippen LogP contribution in [0.1, 0.15) is 6.42 Å². The van der Waals surface area contributed by atoms with E-state index in [1.165, 1.54) is 0 Å². The zero-order valence-electron chi connectivity index (χ0n) is 15.2. The molecule has 20 heteroatoms. The van der Waals surface area contributed by atoms with Gasteiger partial charge in [0.15, 0.2) is 0 Å². The minimum Gasteiger partial charge on any atom is -0.400 e. The smallest absolute Gasteiger partial charge is 0.400 e. The molecule has 0 aliphatic rings. The number of hydrogen-bond donors (Lipinski definition) is 0. The summed E-state index contributed by atoms with van der Waals surface area (Å²) in [5.74, 6) is -56.1. The molecular formula is C12H11F17O2Si. The van der Waals surface area contributed by atoms with Crippen LogP contribution in [0.5, 0.6) is 0 Å². The van der Waals surface area contributed by atoms with E-state index in [-0.39, 0.29) is 0 Å². The second-order valence-electron chi connectivity index (χ2n) is 6.09. The summed E-state index contributed by atoms with van der Waals surface area (Å²) in [6.07, 6.45) is -10.3. The van der Waals surface area contributed by atoms with Crippen molar-refractivity contribution in [1.82, 2.24) is 0 Å². The molecule has 0 spiro atoms. The van der Waals surface area contributed by atoms with E-state index in [4.69, 9.17) is 0 Å². The zero-order valence-corrected chi connectivity index (χ0v) is 16.4. The average molecular weight is 538 g/mol. The van der Waals surface area contributed by atoms with Gasteiger partial charge in [0.25, 0.3) is 0 Å². The van der Waals surface area contributed by atoms with E-state index in [2.05, 4.69) is 8.85 Å². The van der Waals surface area contributed by atoms with Crippen LogP contribution >= 0.6 is 0 Å². The lowest BCUT2D eigenvalue weighted by molar-refractivity contribution is -0.461. The molecule has 0 aromatic rings. The molecule has 0 unspecified atom stereocenters. The first-order valence-electron chi connectivity index (χ1n) is 7.51. The molecule has 0 radical (unpaired) electrons. The highest BCUT2D eigenvalue weighted by Gasteiger charge is 2.95. The Labute approximate surface area is 168 Å². The molecule has 0 aliphatic heterocycles. The summed E-state index contributed by atoms with van der Waals surface area (Å²) in [6.45, 7) is 0. The van der Waals surface area contributed by atoms with Crippen molar-refractivity contribution >= 4 is 9.28 Å². The summed E-state index contributed by atoms with van der Waals surface area (Å²) in [6, 6.07) is -1.37. The molecule has 0 aliphatic carbocycles. The molecule has 0 saturated heterocycles. The van der Waals surface area contributed by atoms with Gasteiger partial charge in [-0.1, -0.05) is 0 Å². The number of hydrogen-bond acceptors (Lipinski definition) is 2. The van der Waals surface area contributed by atoms with Gasteiger partial charge in [0, 0.05) is 20.6 Å². The molecule has 32 heavy (non-hydrogen) atoms. The van der Waals surface area contributed by atoms with Gasteiger partial charge in [-0.3, -0.25) is 0 Å². The summed E-state index contributed by atoms with van der Waals surface area (Å²) >= 11 is 0. The van der Waals surface area contributed by atoms with Crippen molar-refractivity contribution in [3.05, 3.63) is 0 Å². The van der Waals surface area contributed by atoms with Gasteiger partial charge in [0.1, 0.15) is 0 Å². The van der Waals surface area contributed by atoms with Crippen molar-refractivity contribution in [1.29, 1.82) is 0 Å². The van der Waals surface area contributed by atoms with Gasteiger partial charge >= 0.3 is 56.9 Å². The van der Waals surface area contributed by atoms with Crippen molar-refractivity contribution in [2.45, 2.75) is 60.1 Å². The van der Waals surface area contributed by atoms with Crippen LogP contribution in [0.15, 0.2) is 0 Å². The van der Waals surface area contributed by atoms with Gasteiger partial charge < -0.3 is 8.85 Å². The topological polar surface area (TPSA) is 18.5 Å². The van der Waals surface area contributed by atoms with Crippen LogP contribution < -0.4 is 0 Å². The SMILES string of the molecule is CO[SiH](CCC(F)(F)C(F)(F)C(F)(F)C(F)(F)C(F)(F)C(F)(F)C(F)(F)C(F)(F)F)OC. The first kappa shape index (κ1) is 30.9. The molecule has 0 atom stereocenters. The van der Waals surface area contributed by atoms with Gasteiger partial charge in [0.05, 0.1) is 0 Å². The van der Waals surface area contributed by atoms with Crippen LogP contribution in [-0.4, -0.2) is 71.1 Å². The van der Waals surface area contributed by atoms with Crippen LogP contribution in [0.4, 0.5) is 74.6 Å². The first-order valence-corrected chi connectivity index (χ1v) is 9.27. The Bertz CT molecular complexity index is 640. The van der Waals surface area contributed by atoms with E-state index in [0.717, 1.165) is 14.2 Å². The van der Waals surface area contributed by atoms with Crippen molar-refractivity contribution in [3.8, 4) is 0 Å². The highest BCUT2D eigenvalue weighted by molar-refractivity contribution is 6.44. The fraction of sp³-hybridized carbons (Fsp3) is 1.00. The molecule has 0 aromatic heterocycles. The number of halogens is 17. The normalized spacial score (nSPS) is 16.1. The Morgan fingerprint density at radius 1 is 0.469 bits per heavy atom. The Kier molecular flexibility index (Phi) is 8.34. The van der Waals surface area contributed by atoms with Crippen LogP contribution in [0, 0.1) is 0 Å². The minimum absolute atomic E-state index is 0.753. The molecule has 194 valence electrons. The molecule has 0 N–H and O–H groups in total. The maximum atomic E-state index is 13.6. The highest BCUT2D eigenvalue weighted by atomic mass is 28.3. The van der Waals surface area contributed by atoms with Gasteiger partial charge in [0.2, 0.25) is 0 Å². The fourth-order valence-corrected chi connectivity index (χ4v) is 3.25. The number of rotatable bonds is 11. The van der Waals surface area contributed by atoms with E-state index < -0.39 is 69.4 Å². The van der Waals surface area contributed by atoms with Crippen molar-refractivity contribution < 1.29 is 83.5 Å². The minimum atomic E-state index is -8.61. The predicted molar refractivity (Wildman–Crippen MR) is 71.3 cm³/mol. The van der Waals surface area contributed by atoms with Crippen molar-refractivity contribution in [3.63, 3.8) is 0 Å². The lowest BCUT2D eigenvalue weighted by Crippen LogP contribution is -2.74. The Morgan fingerprint density at radius 3 is 1.03 bits per heavy atom. The lowest BCUT2D eigenvalue weighted by atomic mass is 9.88. The Hall–Kier alpha value is -1.05. The summed E-state index contributed by atoms with van der Waals surface area (Å²) in [5, 5.41) is 0. The second-order valence-corrected chi connectivity index (χ2v) is 8.47. The maximum absolute atomic E-state index is 13.6.